The number of halogens is 1. The summed E-state index contributed by atoms with van der Waals surface area (Å²) in [6.07, 6.45) is -0.0132. The maximum atomic E-state index is 12.2. The number of piperazine rings is 1. The highest BCUT2D eigenvalue weighted by atomic mass is 35.5. The van der Waals surface area contributed by atoms with Gasteiger partial charge in [-0.1, -0.05) is 11.6 Å². The van der Waals surface area contributed by atoms with Crippen molar-refractivity contribution in [2.24, 2.45) is 0 Å². The molecule has 1 aromatic carbocycles. The first-order valence-corrected chi connectivity index (χ1v) is 7.29. The van der Waals surface area contributed by atoms with Gasteiger partial charge in [-0.2, -0.15) is 0 Å². The van der Waals surface area contributed by atoms with Gasteiger partial charge in [-0.25, -0.2) is 0 Å². The Labute approximate surface area is 129 Å². The Morgan fingerprint density at radius 2 is 1.76 bits per heavy atom. The van der Waals surface area contributed by atoms with Gasteiger partial charge in [0.25, 0.3) is 0 Å². The Bertz CT molecular complexity index is 510. The second-order valence-electron chi connectivity index (χ2n) is 5.33. The van der Waals surface area contributed by atoms with Crippen LogP contribution in [0.5, 0.6) is 0 Å². The van der Waals surface area contributed by atoms with Crippen molar-refractivity contribution in [2.45, 2.75) is 12.5 Å². The average Bonchev–Trinajstić information content (AvgIpc) is 2.46. The first kappa shape index (κ1) is 15.9. The number of carbonyl (C=O) groups is 2. The summed E-state index contributed by atoms with van der Waals surface area (Å²) in [7, 11) is 2.01. The molecule has 114 valence electrons. The second kappa shape index (κ2) is 7.02. The van der Waals surface area contributed by atoms with Crippen molar-refractivity contribution >= 4 is 23.4 Å². The lowest BCUT2D eigenvalue weighted by atomic mass is 10.0. The van der Waals surface area contributed by atoms with Crippen LogP contribution in [0, 0.1) is 0 Å². The highest BCUT2D eigenvalue weighted by Crippen LogP contribution is 2.15. The van der Waals surface area contributed by atoms with Crippen LogP contribution < -0.4 is 0 Å². The lowest BCUT2D eigenvalue weighted by Crippen LogP contribution is -2.52. The zero-order chi connectivity index (χ0) is 15.4. The third-order valence-electron chi connectivity index (χ3n) is 3.81. The van der Waals surface area contributed by atoms with Gasteiger partial charge in [-0.15, -0.1) is 0 Å². The molecule has 1 N–H and O–H groups in total. The summed E-state index contributed by atoms with van der Waals surface area (Å²) < 4.78 is 0. The first-order chi connectivity index (χ1) is 9.97. The largest absolute Gasteiger partial charge is 0.480 e. The van der Waals surface area contributed by atoms with E-state index < -0.39 is 12.0 Å². The SMILES string of the molecule is CN1CCN([C@@H](CC(=O)c2ccc(Cl)cc2)C(=O)O)CC1. The Hall–Kier alpha value is -1.43. The Balaban J connectivity index is 2.04. The number of benzene rings is 1. The summed E-state index contributed by atoms with van der Waals surface area (Å²) in [5, 5.41) is 9.96. The minimum Gasteiger partial charge on any atom is -0.480 e. The van der Waals surface area contributed by atoms with Crippen LogP contribution in [0.2, 0.25) is 5.02 Å². The zero-order valence-electron chi connectivity index (χ0n) is 12.0. The van der Waals surface area contributed by atoms with Crippen LogP contribution in [-0.4, -0.2) is 65.9 Å². The summed E-state index contributed by atoms with van der Waals surface area (Å²) in [5.41, 5.74) is 0.500. The highest BCUT2D eigenvalue weighted by molar-refractivity contribution is 6.30. The molecule has 1 heterocycles. The van der Waals surface area contributed by atoms with Crippen molar-refractivity contribution < 1.29 is 14.7 Å². The molecular weight excluding hydrogens is 292 g/mol. The third-order valence-corrected chi connectivity index (χ3v) is 4.06. The van der Waals surface area contributed by atoms with Gasteiger partial charge < -0.3 is 10.0 Å². The van der Waals surface area contributed by atoms with Gasteiger partial charge in [0.1, 0.15) is 6.04 Å². The Morgan fingerprint density at radius 3 is 2.29 bits per heavy atom. The van der Waals surface area contributed by atoms with E-state index in [1.807, 2.05) is 11.9 Å². The van der Waals surface area contributed by atoms with Crippen LogP contribution in [-0.2, 0) is 4.79 Å². The summed E-state index contributed by atoms with van der Waals surface area (Å²) in [5.74, 6) is -1.11. The molecule has 0 unspecified atom stereocenters. The molecule has 1 saturated heterocycles. The lowest BCUT2D eigenvalue weighted by Gasteiger charge is -2.35. The topological polar surface area (TPSA) is 60.9 Å². The fourth-order valence-electron chi connectivity index (χ4n) is 2.44. The van der Waals surface area contributed by atoms with Gasteiger partial charge in [-0.05, 0) is 31.3 Å². The van der Waals surface area contributed by atoms with Crippen LogP contribution in [0.4, 0.5) is 0 Å². The van der Waals surface area contributed by atoms with Gasteiger partial charge in [0, 0.05) is 43.2 Å². The molecule has 1 fully saturated rings. The van der Waals surface area contributed by atoms with E-state index in [9.17, 15) is 14.7 Å². The van der Waals surface area contributed by atoms with E-state index in [0.29, 0.717) is 23.7 Å². The summed E-state index contributed by atoms with van der Waals surface area (Å²) in [6.45, 7) is 2.97. The number of carbonyl (C=O) groups excluding carboxylic acids is 1. The number of carboxylic acid groups (broad SMARTS) is 1. The monoisotopic (exact) mass is 310 g/mol. The van der Waals surface area contributed by atoms with E-state index in [0.717, 1.165) is 13.1 Å². The molecule has 6 heteroatoms. The van der Waals surface area contributed by atoms with Crippen LogP contribution >= 0.6 is 11.6 Å². The number of likely N-dealkylation sites (N-methyl/N-ethyl adjacent to an activating group) is 1. The third kappa shape index (κ3) is 4.27. The number of ketones is 1. The van der Waals surface area contributed by atoms with E-state index in [1.54, 1.807) is 24.3 Å². The summed E-state index contributed by atoms with van der Waals surface area (Å²) in [4.78, 5) is 27.7. The van der Waals surface area contributed by atoms with Crippen LogP contribution in [0.3, 0.4) is 0 Å². The van der Waals surface area contributed by atoms with E-state index in [4.69, 9.17) is 11.6 Å². The number of carboxylic acids is 1. The second-order valence-corrected chi connectivity index (χ2v) is 5.76. The average molecular weight is 311 g/mol. The molecule has 1 aromatic rings. The van der Waals surface area contributed by atoms with Crippen molar-refractivity contribution in [3.8, 4) is 0 Å². The van der Waals surface area contributed by atoms with Gasteiger partial charge in [0.15, 0.2) is 5.78 Å². The number of Topliss-reactive ketones (excluding diaryl/α,β-unsaturated/α-hetero) is 1. The quantitative estimate of drug-likeness (QED) is 0.837. The maximum absolute atomic E-state index is 12.2. The first-order valence-electron chi connectivity index (χ1n) is 6.91. The van der Waals surface area contributed by atoms with Crippen LogP contribution in [0.1, 0.15) is 16.8 Å². The molecule has 2 rings (SSSR count). The van der Waals surface area contributed by atoms with Crippen molar-refractivity contribution in [3.05, 3.63) is 34.9 Å². The minimum atomic E-state index is -0.943. The predicted molar refractivity (Wildman–Crippen MR) is 80.9 cm³/mol. The number of aliphatic carboxylic acids is 1. The van der Waals surface area contributed by atoms with E-state index in [1.165, 1.54) is 0 Å². The summed E-state index contributed by atoms with van der Waals surface area (Å²) in [6, 6.07) is 5.78. The number of hydrogen-bond acceptors (Lipinski definition) is 4. The van der Waals surface area contributed by atoms with Gasteiger partial charge in [0.05, 0.1) is 0 Å². The molecule has 0 amide bonds. The summed E-state index contributed by atoms with van der Waals surface area (Å²) >= 11 is 5.79. The number of hydrogen-bond donors (Lipinski definition) is 1. The molecule has 0 radical (unpaired) electrons. The van der Waals surface area contributed by atoms with Crippen LogP contribution in [0.15, 0.2) is 24.3 Å². The molecule has 0 bridgehead atoms. The smallest absolute Gasteiger partial charge is 0.321 e. The van der Waals surface area contributed by atoms with Crippen molar-refractivity contribution in [2.75, 3.05) is 33.2 Å². The van der Waals surface area contributed by atoms with Crippen LogP contribution in [0.25, 0.3) is 0 Å². The van der Waals surface area contributed by atoms with Crippen molar-refractivity contribution in [1.82, 2.24) is 9.80 Å². The molecule has 5 nitrogen and oxygen atoms in total. The highest BCUT2D eigenvalue weighted by Gasteiger charge is 2.30. The zero-order valence-corrected chi connectivity index (χ0v) is 12.7. The van der Waals surface area contributed by atoms with Crippen molar-refractivity contribution in [1.29, 1.82) is 0 Å². The molecule has 0 saturated carbocycles. The maximum Gasteiger partial charge on any atom is 0.321 e. The molecular formula is C15H19ClN2O3. The number of nitrogens with zero attached hydrogens (tertiary/aromatic N) is 2. The fourth-order valence-corrected chi connectivity index (χ4v) is 2.56. The van der Waals surface area contributed by atoms with E-state index in [-0.39, 0.29) is 12.2 Å². The van der Waals surface area contributed by atoms with E-state index >= 15 is 0 Å². The number of rotatable bonds is 5. The molecule has 0 aliphatic carbocycles. The van der Waals surface area contributed by atoms with E-state index in [2.05, 4.69) is 4.90 Å². The molecule has 21 heavy (non-hydrogen) atoms. The molecule has 0 aromatic heterocycles. The van der Waals surface area contributed by atoms with Gasteiger partial charge in [0.2, 0.25) is 0 Å². The standard InChI is InChI=1S/C15H19ClN2O3/c1-17-6-8-18(9-7-17)13(15(20)21)10-14(19)11-2-4-12(16)5-3-11/h2-5,13H,6-10H2,1H3,(H,20,21)/t13-/m0/s1. The predicted octanol–water partition coefficient (Wildman–Crippen LogP) is 1.61. The fraction of sp³-hybridized carbons (Fsp3) is 0.467. The van der Waals surface area contributed by atoms with Gasteiger partial charge >= 0.3 is 5.97 Å². The molecule has 1 aliphatic rings. The van der Waals surface area contributed by atoms with Crippen molar-refractivity contribution in [3.63, 3.8) is 0 Å². The molecule has 1 atom stereocenters. The van der Waals surface area contributed by atoms with Gasteiger partial charge in [-0.3, -0.25) is 14.5 Å². The lowest BCUT2D eigenvalue weighted by molar-refractivity contribution is -0.143. The molecule has 0 spiro atoms. The molecule has 1 aliphatic heterocycles. The Morgan fingerprint density at radius 1 is 1.19 bits per heavy atom. The minimum absolute atomic E-state index is 0.0132. The Kier molecular flexibility index (Phi) is 5.33. The normalized spacial score (nSPS) is 18.4.